The van der Waals surface area contributed by atoms with E-state index in [1.807, 2.05) is 0 Å². The molecule has 18 heavy (non-hydrogen) atoms. The summed E-state index contributed by atoms with van der Waals surface area (Å²) in [6.07, 6.45) is 8.74. The quantitative estimate of drug-likeness (QED) is 0.803. The zero-order chi connectivity index (χ0) is 13.0. The number of nitrogens with zero attached hydrogens (tertiary/aromatic N) is 1. The molecule has 2 saturated carbocycles. The van der Waals surface area contributed by atoms with E-state index in [-0.39, 0.29) is 19.2 Å². The van der Waals surface area contributed by atoms with E-state index in [1.165, 1.54) is 19.3 Å². The molecule has 4 nitrogen and oxygen atoms in total. The van der Waals surface area contributed by atoms with E-state index in [9.17, 15) is 8.42 Å². The van der Waals surface area contributed by atoms with E-state index < -0.39 is 10.0 Å². The van der Waals surface area contributed by atoms with Gasteiger partial charge in [-0.1, -0.05) is 25.7 Å². The van der Waals surface area contributed by atoms with Gasteiger partial charge in [0, 0.05) is 12.6 Å². The molecule has 0 saturated heterocycles. The van der Waals surface area contributed by atoms with Crippen LogP contribution < -0.4 is 0 Å². The van der Waals surface area contributed by atoms with Crippen LogP contribution in [-0.4, -0.2) is 42.8 Å². The van der Waals surface area contributed by atoms with Gasteiger partial charge in [0.15, 0.2) is 0 Å². The fourth-order valence-corrected chi connectivity index (χ4v) is 5.21. The molecule has 0 heterocycles. The van der Waals surface area contributed by atoms with Gasteiger partial charge in [-0.15, -0.1) is 0 Å². The van der Waals surface area contributed by atoms with E-state index in [1.54, 1.807) is 4.31 Å². The maximum Gasteiger partial charge on any atom is 0.214 e. The minimum atomic E-state index is -3.17. The lowest BCUT2D eigenvalue weighted by molar-refractivity contribution is 0.177. The fourth-order valence-electron chi connectivity index (χ4n) is 3.07. The molecule has 5 heteroatoms. The molecular weight excluding hydrogens is 250 g/mol. The third-order valence-electron chi connectivity index (χ3n) is 4.33. The van der Waals surface area contributed by atoms with Gasteiger partial charge in [-0.2, -0.15) is 4.31 Å². The zero-order valence-corrected chi connectivity index (χ0v) is 11.9. The summed E-state index contributed by atoms with van der Waals surface area (Å²) in [4.78, 5) is 0. The minimum Gasteiger partial charge on any atom is -0.395 e. The number of hydrogen-bond donors (Lipinski definition) is 1. The maximum atomic E-state index is 12.4. The highest BCUT2D eigenvalue weighted by Gasteiger charge is 2.34. The first-order valence-corrected chi connectivity index (χ1v) is 8.85. The molecule has 0 aromatic rings. The van der Waals surface area contributed by atoms with E-state index in [0.29, 0.717) is 11.7 Å². The predicted octanol–water partition coefficient (Wildman–Crippen LogP) is 1.74. The molecule has 0 unspecified atom stereocenters. The van der Waals surface area contributed by atoms with Crippen LogP contribution in [0.25, 0.3) is 0 Å². The first-order chi connectivity index (χ1) is 8.63. The molecule has 106 valence electrons. The number of sulfonamides is 1. The van der Waals surface area contributed by atoms with Crippen LogP contribution in [0.3, 0.4) is 0 Å². The van der Waals surface area contributed by atoms with E-state index >= 15 is 0 Å². The highest BCUT2D eigenvalue weighted by molar-refractivity contribution is 7.89. The highest BCUT2D eigenvalue weighted by atomic mass is 32.2. The van der Waals surface area contributed by atoms with Gasteiger partial charge in [-0.3, -0.25) is 0 Å². The molecule has 0 aliphatic heterocycles. The SMILES string of the molecule is O=S(=O)(CC1CCCCC1)N(CCO)C1CCC1. The van der Waals surface area contributed by atoms with Crippen LogP contribution >= 0.6 is 0 Å². The van der Waals surface area contributed by atoms with Crippen molar-refractivity contribution in [3.8, 4) is 0 Å². The Hall–Kier alpha value is -0.130. The third-order valence-corrected chi connectivity index (χ3v) is 6.42. The molecular formula is C13H25NO3S. The van der Waals surface area contributed by atoms with Crippen molar-refractivity contribution in [1.29, 1.82) is 0 Å². The van der Waals surface area contributed by atoms with Gasteiger partial charge in [0.25, 0.3) is 0 Å². The summed E-state index contributed by atoms with van der Waals surface area (Å²) in [7, 11) is -3.17. The number of rotatable bonds is 6. The first-order valence-electron chi connectivity index (χ1n) is 7.24. The Morgan fingerprint density at radius 3 is 2.17 bits per heavy atom. The molecule has 1 N–H and O–H groups in total. The summed E-state index contributed by atoms with van der Waals surface area (Å²) in [6, 6.07) is 0.158. The zero-order valence-electron chi connectivity index (χ0n) is 11.1. The fraction of sp³-hybridized carbons (Fsp3) is 1.00. The number of aliphatic hydroxyl groups is 1. The molecule has 0 atom stereocenters. The number of hydrogen-bond acceptors (Lipinski definition) is 3. The third kappa shape index (κ3) is 3.45. The molecule has 0 radical (unpaired) electrons. The lowest BCUT2D eigenvalue weighted by Crippen LogP contribution is -2.47. The smallest absolute Gasteiger partial charge is 0.214 e. The van der Waals surface area contributed by atoms with Gasteiger partial charge in [-0.05, 0) is 31.6 Å². The van der Waals surface area contributed by atoms with Crippen LogP contribution in [0.5, 0.6) is 0 Å². The van der Waals surface area contributed by atoms with Crippen molar-refractivity contribution in [2.24, 2.45) is 5.92 Å². The second kappa shape index (κ2) is 6.35. The van der Waals surface area contributed by atoms with Gasteiger partial charge >= 0.3 is 0 Å². The van der Waals surface area contributed by atoms with Crippen molar-refractivity contribution in [2.75, 3.05) is 18.9 Å². The molecule has 2 aliphatic carbocycles. The summed E-state index contributed by atoms with van der Waals surface area (Å²) < 4.78 is 26.5. The second-order valence-corrected chi connectivity index (χ2v) is 7.67. The van der Waals surface area contributed by atoms with Gasteiger partial charge in [-0.25, -0.2) is 8.42 Å². The van der Waals surface area contributed by atoms with Gasteiger partial charge in [0.05, 0.1) is 12.4 Å². The molecule has 2 rings (SSSR count). The van der Waals surface area contributed by atoms with Crippen molar-refractivity contribution in [3.05, 3.63) is 0 Å². The summed E-state index contributed by atoms with van der Waals surface area (Å²) in [5.74, 6) is 0.633. The van der Waals surface area contributed by atoms with Crippen LogP contribution in [-0.2, 0) is 10.0 Å². The highest BCUT2D eigenvalue weighted by Crippen LogP contribution is 2.30. The van der Waals surface area contributed by atoms with E-state index in [0.717, 1.165) is 32.1 Å². The largest absolute Gasteiger partial charge is 0.395 e. The Bertz CT molecular complexity index is 345. The van der Waals surface area contributed by atoms with Gasteiger partial charge in [0.1, 0.15) is 0 Å². The Morgan fingerprint density at radius 1 is 1.00 bits per heavy atom. The Labute approximate surface area is 110 Å². The average Bonchev–Trinajstić information content (AvgIpc) is 2.27. The van der Waals surface area contributed by atoms with Crippen molar-refractivity contribution in [3.63, 3.8) is 0 Å². The van der Waals surface area contributed by atoms with Crippen LogP contribution in [0.1, 0.15) is 51.4 Å². The second-order valence-electron chi connectivity index (χ2n) is 5.70. The predicted molar refractivity (Wildman–Crippen MR) is 71.8 cm³/mol. The first kappa shape index (κ1) is 14.3. The summed E-state index contributed by atoms with van der Waals surface area (Å²) >= 11 is 0. The molecule has 0 aromatic heterocycles. The van der Waals surface area contributed by atoms with Gasteiger partial charge < -0.3 is 5.11 Å². The van der Waals surface area contributed by atoms with E-state index in [4.69, 9.17) is 5.11 Å². The summed E-state index contributed by atoms with van der Waals surface area (Å²) in [5, 5.41) is 9.07. The van der Waals surface area contributed by atoms with Crippen LogP contribution in [0.2, 0.25) is 0 Å². The average molecular weight is 275 g/mol. The molecule has 0 aromatic carbocycles. The van der Waals surface area contributed by atoms with E-state index in [2.05, 4.69) is 0 Å². The Kier molecular flexibility index (Phi) is 5.04. The molecule has 2 aliphatic rings. The molecule has 0 bridgehead atoms. The van der Waals surface area contributed by atoms with Gasteiger partial charge in [0.2, 0.25) is 10.0 Å². The lowest BCUT2D eigenvalue weighted by atomic mass is 9.91. The topological polar surface area (TPSA) is 57.6 Å². The monoisotopic (exact) mass is 275 g/mol. The summed E-state index contributed by atoms with van der Waals surface area (Å²) in [6.45, 7) is 0.208. The Balaban J connectivity index is 1.97. The lowest BCUT2D eigenvalue weighted by Gasteiger charge is -2.37. The maximum absolute atomic E-state index is 12.4. The minimum absolute atomic E-state index is 0.0691. The van der Waals surface area contributed by atoms with Crippen molar-refractivity contribution >= 4 is 10.0 Å². The summed E-state index contributed by atoms with van der Waals surface area (Å²) in [5.41, 5.74) is 0. The van der Waals surface area contributed by atoms with Crippen molar-refractivity contribution in [1.82, 2.24) is 4.31 Å². The molecule has 0 amide bonds. The van der Waals surface area contributed by atoms with Crippen molar-refractivity contribution < 1.29 is 13.5 Å². The molecule has 0 spiro atoms. The Morgan fingerprint density at radius 2 is 1.67 bits per heavy atom. The molecule has 2 fully saturated rings. The normalized spacial score (nSPS) is 23.2. The van der Waals surface area contributed by atoms with Crippen LogP contribution in [0.15, 0.2) is 0 Å². The van der Waals surface area contributed by atoms with Crippen molar-refractivity contribution in [2.45, 2.75) is 57.4 Å². The standard InChI is InChI=1S/C13H25NO3S/c15-10-9-14(13-7-4-8-13)18(16,17)11-12-5-2-1-3-6-12/h12-13,15H,1-11H2. The number of aliphatic hydroxyl groups excluding tert-OH is 1. The van der Waals surface area contributed by atoms with Crippen LogP contribution in [0, 0.1) is 5.92 Å². The van der Waals surface area contributed by atoms with Crippen LogP contribution in [0.4, 0.5) is 0 Å².